The van der Waals surface area contributed by atoms with Gasteiger partial charge in [0, 0.05) is 0 Å². The predicted octanol–water partition coefficient (Wildman–Crippen LogP) is -3.60. The van der Waals surface area contributed by atoms with Crippen LogP contribution in [0.2, 0.25) is 0 Å². The first-order chi connectivity index (χ1) is 16.4. The summed E-state index contributed by atoms with van der Waals surface area (Å²) < 4.78 is 34.4. The summed E-state index contributed by atoms with van der Waals surface area (Å²) >= 11 is 0. The number of hydrogen-bond donors (Lipinski definition) is 2. The van der Waals surface area contributed by atoms with Gasteiger partial charge < -0.3 is 68.9 Å². The third-order valence-corrected chi connectivity index (χ3v) is 4.72. The highest BCUT2D eigenvalue weighted by Crippen LogP contribution is 1.82. The number of quaternary nitrogens is 2. The maximum absolute atomic E-state index is 8.25. The van der Waals surface area contributed by atoms with E-state index >= 15 is 0 Å². The van der Waals surface area contributed by atoms with Crippen molar-refractivity contribution < 1.29 is 48.4 Å². The average Bonchev–Trinajstić information content (AvgIpc) is 2.76. The van der Waals surface area contributed by atoms with Crippen molar-refractivity contribution >= 4 is 0 Å². The maximum atomic E-state index is 8.25. The Balaban J connectivity index is 0.00000118. The van der Waals surface area contributed by atoms with Gasteiger partial charge in [-0.25, -0.2) is 0 Å². The molecule has 34 heavy (non-hydrogen) atoms. The molecule has 0 radical (unpaired) electrons. The molecular formula is C18H38N4O12. The molecule has 0 unspecified atom stereocenters. The van der Waals surface area contributed by atoms with Crippen molar-refractivity contribution in [2.24, 2.45) is 0 Å². The van der Waals surface area contributed by atoms with Gasteiger partial charge in [-0.1, -0.05) is 0 Å². The number of rotatable bonds is 0. The van der Waals surface area contributed by atoms with Crippen LogP contribution in [0.3, 0.4) is 0 Å². The van der Waals surface area contributed by atoms with Crippen LogP contribution in [-0.2, 0) is 28.4 Å². The van der Waals surface area contributed by atoms with Crippen LogP contribution in [0.25, 0.3) is 0 Å². The summed E-state index contributed by atoms with van der Waals surface area (Å²) in [4.78, 5) is 19.4. The van der Waals surface area contributed by atoms with E-state index in [1.54, 1.807) is 0 Å². The molecule has 0 aliphatic carbocycles. The summed E-state index contributed by atoms with van der Waals surface area (Å²) in [7, 11) is 0. The Hall–Kier alpha value is -1.92. The minimum absolute atomic E-state index is 0.655. The molecule has 3 aliphatic heterocycles. The Bertz CT molecular complexity index is 394. The molecule has 3 fully saturated rings. The van der Waals surface area contributed by atoms with Gasteiger partial charge in [0.15, 0.2) is 0 Å². The first-order valence-corrected chi connectivity index (χ1v) is 11.2. The molecule has 202 valence electrons. The van der Waals surface area contributed by atoms with Crippen LogP contribution in [-0.4, -0.2) is 129 Å². The van der Waals surface area contributed by atoms with Gasteiger partial charge in [0.2, 0.25) is 0 Å². The van der Waals surface area contributed by atoms with Gasteiger partial charge in [-0.2, -0.15) is 0 Å². The number of nitrogens with one attached hydrogen (secondary N) is 2. The zero-order valence-corrected chi connectivity index (χ0v) is 19.5. The van der Waals surface area contributed by atoms with Crippen LogP contribution < -0.4 is 9.80 Å². The quantitative estimate of drug-likeness (QED) is 0.244. The first kappa shape index (κ1) is 32.1. The first-order valence-electron chi connectivity index (χ1n) is 11.2. The van der Waals surface area contributed by atoms with E-state index < -0.39 is 10.2 Å². The third-order valence-electron chi connectivity index (χ3n) is 4.72. The van der Waals surface area contributed by atoms with E-state index in [0.717, 1.165) is 78.9 Å². The molecule has 0 spiro atoms. The lowest BCUT2D eigenvalue weighted by Crippen LogP contribution is -3.13. The fourth-order valence-electron chi connectivity index (χ4n) is 3.01. The van der Waals surface area contributed by atoms with Gasteiger partial charge >= 0.3 is 0 Å². The number of ether oxygens (including phenoxy) is 6. The fraction of sp³-hybridized carbons (Fsp3) is 1.00. The highest BCUT2D eigenvalue weighted by Gasteiger charge is 2.11. The highest BCUT2D eigenvalue weighted by molar-refractivity contribution is 4.41. The molecule has 3 heterocycles. The smallest absolute Gasteiger partial charge is 0.101 e. The zero-order valence-electron chi connectivity index (χ0n) is 19.5. The summed E-state index contributed by atoms with van der Waals surface area (Å²) in [5, 5.41) is 29.5. The van der Waals surface area contributed by atoms with Crippen molar-refractivity contribution in [3.8, 4) is 0 Å². The normalized spacial score (nSPS) is 24.7. The molecule has 0 aromatic rings. The van der Waals surface area contributed by atoms with Crippen LogP contribution in [0.1, 0.15) is 0 Å². The second kappa shape index (κ2) is 24.2. The predicted molar refractivity (Wildman–Crippen MR) is 117 cm³/mol. The summed E-state index contributed by atoms with van der Waals surface area (Å²) in [5.74, 6) is 0. The standard InChI is InChI=1S/C18H36N2O6.2NO3/c1-7-21-13-14-24-10-4-20-5-11-25-17-15-22-8-2-19(1)3-9-23-16-18-26-12-6-20;2*2-1(3)4/h1-18H2;;/q;2*-1/p+2. The molecule has 2 bridgehead atoms. The molecular weight excluding hydrogens is 464 g/mol. The molecule has 0 saturated carbocycles. The topological polar surface area (TPSA) is 197 Å². The summed E-state index contributed by atoms with van der Waals surface area (Å²) in [6.07, 6.45) is 0. The largest absolute Gasteiger partial charge is 0.373 e. The Labute approximate surface area is 198 Å². The van der Waals surface area contributed by atoms with Crippen LogP contribution in [0.5, 0.6) is 0 Å². The Morgan fingerprint density at radius 3 is 0.676 bits per heavy atom. The highest BCUT2D eigenvalue weighted by atomic mass is 16.9. The average molecular weight is 503 g/mol. The lowest BCUT2D eigenvalue weighted by atomic mass is 10.4. The zero-order chi connectivity index (χ0) is 25.3. The van der Waals surface area contributed by atoms with E-state index in [1.165, 1.54) is 9.80 Å². The summed E-state index contributed by atoms with van der Waals surface area (Å²) in [6.45, 7) is 14.1. The number of hydrogen-bond acceptors (Lipinski definition) is 12. The van der Waals surface area contributed by atoms with E-state index in [1.807, 2.05) is 0 Å². The van der Waals surface area contributed by atoms with E-state index in [0.29, 0.717) is 39.6 Å². The van der Waals surface area contributed by atoms with E-state index in [2.05, 4.69) is 0 Å². The Morgan fingerprint density at radius 1 is 0.382 bits per heavy atom. The number of fused-ring (bicyclic) bond motifs is 21. The third kappa shape index (κ3) is 26.3. The molecule has 0 amide bonds. The summed E-state index contributed by atoms with van der Waals surface area (Å²) in [6, 6.07) is 0. The Kier molecular flexibility index (Phi) is 22.8. The molecule has 16 nitrogen and oxygen atoms in total. The SMILES string of the molecule is C1COCC[NH+]2CCOCCOCC[NH+](CCO1)CCOCCOCC2.O=[N+]([O-])[O-].O=[N+]([O-])[O-]. The minimum atomic E-state index is -1.75. The van der Waals surface area contributed by atoms with Gasteiger partial charge in [0.25, 0.3) is 0 Å². The van der Waals surface area contributed by atoms with E-state index in [4.69, 9.17) is 59.1 Å². The molecule has 16 heteroatoms. The van der Waals surface area contributed by atoms with Crippen LogP contribution >= 0.6 is 0 Å². The molecule has 0 atom stereocenters. The van der Waals surface area contributed by atoms with Crippen molar-refractivity contribution in [2.45, 2.75) is 0 Å². The second-order valence-electron chi connectivity index (χ2n) is 7.12. The lowest BCUT2D eigenvalue weighted by Gasteiger charge is -2.22. The van der Waals surface area contributed by atoms with Crippen molar-refractivity contribution in [2.75, 3.05) is 119 Å². The van der Waals surface area contributed by atoms with Crippen LogP contribution in [0.15, 0.2) is 0 Å². The minimum Gasteiger partial charge on any atom is -0.373 e. The van der Waals surface area contributed by atoms with Crippen molar-refractivity contribution in [3.05, 3.63) is 30.6 Å². The monoisotopic (exact) mass is 502 g/mol. The number of nitrogens with zero attached hydrogens (tertiary/aromatic N) is 2. The van der Waals surface area contributed by atoms with Gasteiger partial charge in [-0.15, -0.1) is 0 Å². The summed E-state index contributed by atoms with van der Waals surface area (Å²) in [5.41, 5.74) is 0. The maximum Gasteiger partial charge on any atom is 0.101 e. The second-order valence-corrected chi connectivity index (χ2v) is 7.12. The molecule has 2 N–H and O–H groups in total. The van der Waals surface area contributed by atoms with Crippen molar-refractivity contribution in [1.82, 2.24) is 0 Å². The lowest BCUT2D eigenvalue weighted by molar-refractivity contribution is -0.902. The molecule has 3 aliphatic rings. The van der Waals surface area contributed by atoms with Crippen molar-refractivity contribution in [1.29, 1.82) is 0 Å². The molecule has 0 aromatic carbocycles. The van der Waals surface area contributed by atoms with Gasteiger partial charge in [0.1, 0.15) is 39.3 Å². The van der Waals surface area contributed by atoms with Gasteiger partial charge in [0.05, 0.1) is 89.5 Å². The van der Waals surface area contributed by atoms with Crippen molar-refractivity contribution in [3.63, 3.8) is 0 Å². The van der Waals surface area contributed by atoms with E-state index in [9.17, 15) is 0 Å². The molecule has 3 rings (SSSR count). The molecule has 3 saturated heterocycles. The Morgan fingerprint density at radius 2 is 0.529 bits per heavy atom. The molecule has 0 aromatic heterocycles. The van der Waals surface area contributed by atoms with Gasteiger partial charge in [-0.05, 0) is 0 Å². The van der Waals surface area contributed by atoms with Gasteiger partial charge in [-0.3, -0.25) is 0 Å². The fourth-order valence-corrected chi connectivity index (χ4v) is 3.01. The van der Waals surface area contributed by atoms with Crippen LogP contribution in [0, 0.1) is 30.6 Å². The van der Waals surface area contributed by atoms with Crippen LogP contribution in [0.4, 0.5) is 0 Å². The van der Waals surface area contributed by atoms with E-state index in [-0.39, 0.29) is 0 Å².